The molecule has 0 aromatic heterocycles. The van der Waals surface area contributed by atoms with Crippen LogP contribution in [0.15, 0.2) is 47.4 Å². The van der Waals surface area contributed by atoms with Crippen molar-refractivity contribution in [2.45, 2.75) is 25.7 Å². The molecule has 2 aromatic rings. The molecule has 0 spiro atoms. The lowest BCUT2D eigenvalue weighted by Gasteiger charge is -2.23. The molecule has 2 rings (SSSR count). The molecule has 2 aromatic carbocycles. The van der Waals surface area contributed by atoms with Crippen molar-refractivity contribution in [2.75, 3.05) is 16.2 Å². The fraction of sp³-hybridized carbons (Fsp3) is 0.222. The Hall–Kier alpha value is -2.87. The SMILES string of the molecule is CC(=O)Nc1ccc(S(=O)(=O)N(CC(=O)O)c2ccc(C)c(C)c2)cc1. The monoisotopic (exact) mass is 376 g/mol. The summed E-state index contributed by atoms with van der Waals surface area (Å²) in [7, 11) is -4.08. The summed E-state index contributed by atoms with van der Waals surface area (Å²) in [6.45, 7) is 4.36. The van der Waals surface area contributed by atoms with Crippen molar-refractivity contribution >= 4 is 33.3 Å². The Balaban J connectivity index is 2.46. The second kappa shape index (κ2) is 7.57. The van der Waals surface area contributed by atoms with Crippen LogP contribution in [0.25, 0.3) is 0 Å². The molecule has 0 aliphatic rings. The number of aryl methyl sites for hydroxylation is 2. The average molecular weight is 376 g/mol. The van der Waals surface area contributed by atoms with E-state index in [9.17, 15) is 18.0 Å². The van der Waals surface area contributed by atoms with Crippen molar-refractivity contribution in [2.24, 2.45) is 0 Å². The van der Waals surface area contributed by atoms with Gasteiger partial charge in [0.15, 0.2) is 0 Å². The van der Waals surface area contributed by atoms with E-state index in [2.05, 4.69) is 5.32 Å². The molecule has 0 saturated carbocycles. The molecule has 0 fully saturated rings. The number of carboxylic acid groups (broad SMARTS) is 1. The highest BCUT2D eigenvalue weighted by molar-refractivity contribution is 7.92. The summed E-state index contributed by atoms with van der Waals surface area (Å²) in [6.07, 6.45) is 0. The first-order chi connectivity index (χ1) is 12.1. The Kier molecular flexibility index (Phi) is 5.66. The molecule has 2 N–H and O–H groups in total. The quantitative estimate of drug-likeness (QED) is 0.806. The van der Waals surface area contributed by atoms with Gasteiger partial charge in [-0.2, -0.15) is 0 Å². The molecule has 0 aliphatic heterocycles. The van der Waals surface area contributed by atoms with E-state index in [0.29, 0.717) is 5.69 Å². The van der Waals surface area contributed by atoms with Gasteiger partial charge >= 0.3 is 5.97 Å². The normalized spacial score (nSPS) is 11.0. The molecular formula is C18H20N2O5S. The van der Waals surface area contributed by atoms with Crippen LogP contribution < -0.4 is 9.62 Å². The van der Waals surface area contributed by atoms with Crippen LogP contribution in [-0.4, -0.2) is 31.9 Å². The third-order valence-electron chi connectivity index (χ3n) is 3.82. The molecule has 1 amide bonds. The number of sulfonamides is 1. The Morgan fingerprint density at radius 1 is 1.04 bits per heavy atom. The molecule has 0 radical (unpaired) electrons. The van der Waals surface area contributed by atoms with Crippen LogP contribution in [0, 0.1) is 13.8 Å². The van der Waals surface area contributed by atoms with Crippen molar-refractivity contribution in [3.63, 3.8) is 0 Å². The Morgan fingerprint density at radius 2 is 1.65 bits per heavy atom. The van der Waals surface area contributed by atoms with Crippen molar-refractivity contribution < 1.29 is 23.1 Å². The van der Waals surface area contributed by atoms with E-state index in [4.69, 9.17) is 5.11 Å². The maximum Gasteiger partial charge on any atom is 0.324 e. The molecule has 26 heavy (non-hydrogen) atoms. The highest BCUT2D eigenvalue weighted by atomic mass is 32.2. The van der Waals surface area contributed by atoms with Crippen LogP contribution in [-0.2, 0) is 19.6 Å². The number of carboxylic acids is 1. The summed E-state index contributed by atoms with van der Waals surface area (Å²) in [5, 5.41) is 11.7. The number of carbonyl (C=O) groups excluding carboxylic acids is 1. The lowest BCUT2D eigenvalue weighted by Crippen LogP contribution is -2.35. The van der Waals surface area contributed by atoms with Gasteiger partial charge in [-0.05, 0) is 61.4 Å². The average Bonchev–Trinajstić information content (AvgIpc) is 2.55. The number of rotatable bonds is 6. The van der Waals surface area contributed by atoms with Crippen molar-refractivity contribution in [3.05, 3.63) is 53.6 Å². The number of benzene rings is 2. The minimum atomic E-state index is -4.08. The van der Waals surface area contributed by atoms with Crippen LogP contribution >= 0.6 is 0 Å². The predicted octanol–water partition coefficient (Wildman–Crippen LogP) is 2.54. The molecule has 0 aliphatic carbocycles. The molecule has 0 saturated heterocycles. The standard InChI is InChI=1S/C18H20N2O5S/c1-12-4-7-16(10-13(12)2)20(11-18(22)23)26(24,25)17-8-5-15(6-9-17)19-14(3)21/h4-10H,11H2,1-3H3,(H,19,21)(H,22,23). The summed E-state index contributed by atoms with van der Waals surface area (Å²) in [5.74, 6) is -1.54. The maximum absolute atomic E-state index is 13.0. The van der Waals surface area contributed by atoms with Crippen molar-refractivity contribution in [1.82, 2.24) is 0 Å². The van der Waals surface area contributed by atoms with E-state index in [1.165, 1.54) is 31.2 Å². The summed E-state index contributed by atoms with van der Waals surface area (Å²) in [6, 6.07) is 10.5. The van der Waals surface area contributed by atoms with Gasteiger partial charge in [0.25, 0.3) is 10.0 Å². The first-order valence-electron chi connectivity index (χ1n) is 7.80. The molecule has 0 heterocycles. The highest BCUT2D eigenvalue weighted by Crippen LogP contribution is 2.26. The zero-order valence-electron chi connectivity index (χ0n) is 14.7. The number of aliphatic carboxylic acids is 1. The fourth-order valence-corrected chi connectivity index (χ4v) is 3.77. The molecule has 0 unspecified atom stereocenters. The maximum atomic E-state index is 13.0. The highest BCUT2D eigenvalue weighted by Gasteiger charge is 2.27. The third kappa shape index (κ3) is 4.40. The van der Waals surface area contributed by atoms with Gasteiger partial charge in [-0.25, -0.2) is 8.42 Å². The molecule has 0 bridgehead atoms. The van der Waals surface area contributed by atoms with Gasteiger partial charge in [0.1, 0.15) is 6.54 Å². The van der Waals surface area contributed by atoms with Crippen LogP contribution in [0.1, 0.15) is 18.1 Å². The molecule has 0 atom stereocenters. The molecule has 8 heteroatoms. The summed E-state index contributed by atoms with van der Waals surface area (Å²) < 4.78 is 26.8. The lowest BCUT2D eigenvalue weighted by atomic mass is 10.1. The molecule has 7 nitrogen and oxygen atoms in total. The zero-order valence-corrected chi connectivity index (χ0v) is 15.5. The number of anilines is 2. The van der Waals surface area contributed by atoms with Crippen LogP contribution in [0.4, 0.5) is 11.4 Å². The summed E-state index contributed by atoms with van der Waals surface area (Å²) >= 11 is 0. The summed E-state index contributed by atoms with van der Waals surface area (Å²) in [5.41, 5.74) is 2.56. The minimum Gasteiger partial charge on any atom is -0.480 e. The van der Waals surface area contributed by atoms with Gasteiger partial charge in [0.05, 0.1) is 10.6 Å². The van der Waals surface area contributed by atoms with Crippen molar-refractivity contribution in [1.29, 1.82) is 0 Å². The van der Waals surface area contributed by atoms with Gasteiger partial charge in [-0.3, -0.25) is 13.9 Å². The van der Waals surface area contributed by atoms with Crippen molar-refractivity contribution in [3.8, 4) is 0 Å². The summed E-state index contributed by atoms with van der Waals surface area (Å²) in [4.78, 5) is 22.2. The van der Waals surface area contributed by atoms with Crippen LogP contribution in [0.5, 0.6) is 0 Å². The van der Waals surface area contributed by atoms with Gasteiger partial charge in [-0.1, -0.05) is 6.07 Å². The van der Waals surface area contributed by atoms with E-state index in [0.717, 1.165) is 15.4 Å². The third-order valence-corrected chi connectivity index (χ3v) is 5.61. The van der Waals surface area contributed by atoms with Gasteiger partial charge in [0, 0.05) is 12.6 Å². The number of nitrogens with zero attached hydrogens (tertiary/aromatic N) is 1. The van der Waals surface area contributed by atoms with Gasteiger partial charge in [-0.15, -0.1) is 0 Å². The topological polar surface area (TPSA) is 104 Å². The second-order valence-electron chi connectivity index (χ2n) is 5.88. The first-order valence-corrected chi connectivity index (χ1v) is 9.24. The number of amides is 1. The number of hydrogen-bond acceptors (Lipinski definition) is 4. The van der Waals surface area contributed by atoms with E-state index in [1.807, 2.05) is 13.8 Å². The van der Waals surface area contributed by atoms with Gasteiger partial charge < -0.3 is 10.4 Å². The van der Waals surface area contributed by atoms with Crippen LogP contribution in [0.3, 0.4) is 0 Å². The molecule has 138 valence electrons. The Labute approximate surface area is 152 Å². The first kappa shape index (κ1) is 19.5. The van der Waals surface area contributed by atoms with E-state index < -0.39 is 22.5 Å². The largest absolute Gasteiger partial charge is 0.480 e. The zero-order chi connectivity index (χ0) is 19.5. The predicted molar refractivity (Wildman–Crippen MR) is 98.8 cm³/mol. The molecular weight excluding hydrogens is 356 g/mol. The van der Waals surface area contributed by atoms with Crippen LogP contribution in [0.2, 0.25) is 0 Å². The fourth-order valence-electron chi connectivity index (χ4n) is 2.36. The number of hydrogen-bond donors (Lipinski definition) is 2. The lowest BCUT2D eigenvalue weighted by molar-refractivity contribution is -0.135. The number of carbonyl (C=O) groups is 2. The van der Waals surface area contributed by atoms with E-state index in [1.54, 1.807) is 18.2 Å². The van der Waals surface area contributed by atoms with E-state index in [-0.39, 0.29) is 16.5 Å². The van der Waals surface area contributed by atoms with Gasteiger partial charge in [0.2, 0.25) is 5.91 Å². The Morgan fingerprint density at radius 3 is 2.15 bits per heavy atom. The van der Waals surface area contributed by atoms with E-state index >= 15 is 0 Å². The number of nitrogens with one attached hydrogen (secondary N) is 1. The smallest absolute Gasteiger partial charge is 0.324 e. The second-order valence-corrected chi connectivity index (χ2v) is 7.74. The Bertz CT molecular complexity index is 937. The minimum absolute atomic E-state index is 0.0638.